The SMILES string of the molecule is COc1ccc(OC)c(-c2ccc(=O)n(CCNC(=O)COc3cc(Cl)c(Cl)cc3Cl)n2)c1. The Morgan fingerprint density at radius 1 is 0.970 bits per heavy atom. The maximum Gasteiger partial charge on any atom is 0.266 e. The quantitative estimate of drug-likeness (QED) is 0.434. The van der Waals surface area contributed by atoms with Crippen LogP contribution in [0.15, 0.2) is 47.3 Å². The van der Waals surface area contributed by atoms with Crippen molar-refractivity contribution in [3.05, 3.63) is 67.9 Å². The largest absolute Gasteiger partial charge is 0.497 e. The summed E-state index contributed by atoms with van der Waals surface area (Å²) in [5, 5.41) is 7.83. The average Bonchev–Trinajstić information content (AvgIpc) is 2.81. The van der Waals surface area contributed by atoms with Crippen LogP contribution in [-0.4, -0.2) is 43.1 Å². The number of benzene rings is 2. The second-order valence-corrected chi connectivity index (χ2v) is 7.90. The Hall–Kier alpha value is -2.94. The lowest BCUT2D eigenvalue weighted by Crippen LogP contribution is -2.34. The van der Waals surface area contributed by atoms with Crippen LogP contribution in [0.5, 0.6) is 17.2 Å². The van der Waals surface area contributed by atoms with Gasteiger partial charge in [0.25, 0.3) is 11.5 Å². The van der Waals surface area contributed by atoms with Gasteiger partial charge in [0.2, 0.25) is 0 Å². The second-order valence-electron chi connectivity index (χ2n) is 6.68. The van der Waals surface area contributed by atoms with E-state index in [-0.39, 0.29) is 46.1 Å². The predicted octanol–water partition coefficient (Wildman–Crippen LogP) is 4.08. The Labute approximate surface area is 204 Å². The summed E-state index contributed by atoms with van der Waals surface area (Å²) in [6.45, 7) is 0.0161. The molecule has 3 aromatic rings. The van der Waals surface area contributed by atoms with Gasteiger partial charge in [0, 0.05) is 24.2 Å². The molecule has 0 radical (unpaired) electrons. The van der Waals surface area contributed by atoms with Gasteiger partial charge in [-0.25, -0.2) is 4.68 Å². The van der Waals surface area contributed by atoms with Crippen LogP contribution in [0.4, 0.5) is 0 Å². The lowest BCUT2D eigenvalue weighted by molar-refractivity contribution is -0.123. The Balaban J connectivity index is 1.63. The third-order valence-electron chi connectivity index (χ3n) is 4.53. The lowest BCUT2D eigenvalue weighted by Gasteiger charge is -2.12. The molecule has 3 rings (SSSR count). The summed E-state index contributed by atoms with van der Waals surface area (Å²) < 4.78 is 17.3. The van der Waals surface area contributed by atoms with Crippen molar-refractivity contribution in [2.75, 3.05) is 27.4 Å². The number of nitrogens with zero attached hydrogens (tertiary/aromatic N) is 2. The minimum absolute atomic E-state index is 0.151. The molecular weight excluding hydrogens is 493 g/mol. The van der Waals surface area contributed by atoms with Crippen LogP contribution < -0.4 is 25.1 Å². The molecule has 33 heavy (non-hydrogen) atoms. The lowest BCUT2D eigenvalue weighted by atomic mass is 10.1. The van der Waals surface area contributed by atoms with Gasteiger partial charge >= 0.3 is 0 Å². The molecule has 2 aromatic carbocycles. The van der Waals surface area contributed by atoms with Gasteiger partial charge in [0.1, 0.15) is 17.2 Å². The Bertz CT molecular complexity index is 1220. The molecule has 0 bridgehead atoms. The number of methoxy groups -OCH3 is 2. The van der Waals surface area contributed by atoms with E-state index in [9.17, 15) is 9.59 Å². The highest BCUT2D eigenvalue weighted by Gasteiger charge is 2.12. The summed E-state index contributed by atoms with van der Waals surface area (Å²) in [6, 6.07) is 11.2. The number of carbonyl (C=O) groups excluding carboxylic acids is 1. The van der Waals surface area contributed by atoms with Gasteiger partial charge in [-0.3, -0.25) is 9.59 Å². The third kappa shape index (κ3) is 6.31. The van der Waals surface area contributed by atoms with Crippen molar-refractivity contribution in [3.63, 3.8) is 0 Å². The molecule has 1 heterocycles. The monoisotopic (exact) mass is 511 g/mol. The molecule has 0 aliphatic carbocycles. The normalized spacial score (nSPS) is 10.6. The molecule has 0 aliphatic heterocycles. The van der Waals surface area contributed by atoms with Crippen LogP contribution in [0.3, 0.4) is 0 Å². The summed E-state index contributed by atoms with van der Waals surface area (Å²) in [5.74, 6) is 1.04. The fourth-order valence-electron chi connectivity index (χ4n) is 2.88. The van der Waals surface area contributed by atoms with Gasteiger partial charge < -0.3 is 19.5 Å². The number of carbonyl (C=O) groups is 1. The fourth-order valence-corrected chi connectivity index (χ4v) is 3.47. The van der Waals surface area contributed by atoms with Crippen molar-refractivity contribution in [1.82, 2.24) is 15.1 Å². The average molecular weight is 513 g/mol. The molecule has 1 amide bonds. The Morgan fingerprint density at radius 3 is 2.45 bits per heavy atom. The number of nitrogens with one attached hydrogen (secondary N) is 1. The molecule has 0 spiro atoms. The van der Waals surface area contributed by atoms with Crippen LogP contribution >= 0.6 is 34.8 Å². The van der Waals surface area contributed by atoms with Crippen LogP contribution in [0, 0.1) is 0 Å². The van der Waals surface area contributed by atoms with Crippen molar-refractivity contribution in [1.29, 1.82) is 0 Å². The number of rotatable bonds is 9. The van der Waals surface area contributed by atoms with E-state index in [2.05, 4.69) is 10.4 Å². The number of hydrogen-bond donors (Lipinski definition) is 1. The molecule has 1 N–H and O–H groups in total. The molecule has 0 saturated heterocycles. The number of aromatic nitrogens is 2. The molecule has 0 aliphatic rings. The van der Waals surface area contributed by atoms with E-state index in [1.807, 2.05) is 0 Å². The number of ether oxygens (including phenoxy) is 3. The molecule has 1 aromatic heterocycles. The van der Waals surface area contributed by atoms with Crippen molar-refractivity contribution in [2.24, 2.45) is 0 Å². The topological polar surface area (TPSA) is 91.7 Å². The zero-order valence-electron chi connectivity index (χ0n) is 17.7. The van der Waals surface area contributed by atoms with Gasteiger partial charge in [-0.2, -0.15) is 5.10 Å². The van der Waals surface area contributed by atoms with E-state index >= 15 is 0 Å². The van der Waals surface area contributed by atoms with E-state index in [0.29, 0.717) is 22.8 Å². The molecule has 8 nitrogen and oxygen atoms in total. The first-order chi connectivity index (χ1) is 15.8. The maximum absolute atomic E-state index is 12.2. The summed E-state index contributed by atoms with van der Waals surface area (Å²) >= 11 is 17.8. The smallest absolute Gasteiger partial charge is 0.266 e. The van der Waals surface area contributed by atoms with Crippen molar-refractivity contribution >= 4 is 40.7 Å². The molecule has 11 heteroatoms. The van der Waals surface area contributed by atoms with Crippen LogP contribution in [0.2, 0.25) is 15.1 Å². The maximum atomic E-state index is 12.2. The Morgan fingerprint density at radius 2 is 1.73 bits per heavy atom. The fraction of sp³-hybridized carbons (Fsp3) is 0.227. The first-order valence-electron chi connectivity index (χ1n) is 9.67. The van der Waals surface area contributed by atoms with Gasteiger partial charge in [-0.05, 0) is 30.3 Å². The predicted molar refractivity (Wildman–Crippen MR) is 127 cm³/mol. The zero-order valence-corrected chi connectivity index (χ0v) is 20.0. The number of hydrogen-bond acceptors (Lipinski definition) is 6. The molecule has 174 valence electrons. The Kier molecular flexibility index (Phi) is 8.43. The number of halogens is 3. The van der Waals surface area contributed by atoms with Gasteiger partial charge in [-0.15, -0.1) is 0 Å². The van der Waals surface area contributed by atoms with Crippen molar-refractivity contribution in [2.45, 2.75) is 6.54 Å². The third-order valence-corrected chi connectivity index (χ3v) is 5.55. The first-order valence-corrected chi connectivity index (χ1v) is 10.8. The minimum Gasteiger partial charge on any atom is -0.497 e. The molecular formula is C22H20Cl3N3O5. The van der Waals surface area contributed by atoms with Crippen LogP contribution in [0.1, 0.15) is 0 Å². The molecule has 0 atom stereocenters. The highest BCUT2D eigenvalue weighted by atomic mass is 35.5. The van der Waals surface area contributed by atoms with Crippen LogP contribution in [0.25, 0.3) is 11.3 Å². The van der Waals surface area contributed by atoms with Gasteiger partial charge in [0.15, 0.2) is 6.61 Å². The van der Waals surface area contributed by atoms with Crippen LogP contribution in [-0.2, 0) is 11.3 Å². The van der Waals surface area contributed by atoms with Gasteiger partial charge in [0.05, 0.1) is 41.5 Å². The van der Waals surface area contributed by atoms with E-state index in [0.717, 1.165) is 0 Å². The zero-order chi connectivity index (χ0) is 24.0. The summed E-state index contributed by atoms with van der Waals surface area (Å²) in [7, 11) is 3.10. The highest BCUT2D eigenvalue weighted by molar-refractivity contribution is 6.43. The standard InChI is InChI=1S/C22H20Cl3N3O5/c1-31-13-3-5-19(32-2)14(9-13)18-4-6-22(30)28(27-18)8-7-26-21(29)12-33-20-11-16(24)15(23)10-17(20)25/h3-6,9-11H,7-8,12H2,1-2H3,(H,26,29). The van der Waals surface area contributed by atoms with E-state index in [4.69, 9.17) is 49.0 Å². The minimum atomic E-state index is -0.407. The summed E-state index contributed by atoms with van der Waals surface area (Å²) in [6.07, 6.45) is 0. The van der Waals surface area contributed by atoms with E-state index < -0.39 is 5.91 Å². The number of amides is 1. The van der Waals surface area contributed by atoms with Gasteiger partial charge in [-0.1, -0.05) is 34.8 Å². The van der Waals surface area contributed by atoms with Crippen molar-refractivity contribution < 1.29 is 19.0 Å². The summed E-state index contributed by atoms with van der Waals surface area (Å²) in [5.41, 5.74) is 0.879. The highest BCUT2D eigenvalue weighted by Crippen LogP contribution is 2.34. The molecule has 0 saturated carbocycles. The first kappa shape index (κ1) is 24.7. The molecule has 0 fully saturated rings. The molecule has 0 unspecified atom stereocenters. The summed E-state index contributed by atoms with van der Waals surface area (Å²) in [4.78, 5) is 24.4. The van der Waals surface area contributed by atoms with E-state index in [1.54, 1.807) is 38.5 Å². The van der Waals surface area contributed by atoms with E-state index in [1.165, 1.54) is 22.9 Å². The van der Waals surface area contributed by atoms with Crippen molar-refractivity contribution in [3.8, 4) is 28.5 Å². The second kappa shape index (κ2) is 11.3.